The first-order valence-corrected chi connectivity index (χ1v) is 6.25. The third-order valence-corrected chi connectivity index (χ3v) is 3.53. The van der Waals surface area contributed by atoms with Gasteiger partial charge < -0.3 is 15.1 Å². The predicted molar refractivity (Wildman–Crippen MR) is 74.9 cm³/mol. The second-order valence-electron chi connectivity index (χ2n) is 5.30. The fraction of sp³-hybridized carbons (Fsp3) is 0.500. The first-order valence-electron chi connectivity index (χ1n) is 6.25. The average molecular weight is 247 g/mol. The fourth-order valence-electron chi connectivity index (χ4n) is 2.11. The molecule has 2 rings (SSSR count). The van der Waals surface area contributed by atoms with Crippen LogP contribution in [-0.4, -0.2) is 24.1 Å². The summed E-state index contributed by atoms with van der Waals surface area (Å²) in [6.07, 6.45) is 0.941. The highest BCUT2D eigenvalue weighted by Crippen LogP contribution is 2.28. The Balaban J connectivity index is 2.35. The second kappa shape index (κ2) is 4.61. The molecule has 2 N–H and O–H groups in total. The first kappa shape index (κ1) is 12.9. The third kappa shape index (κ3) is 2.34. The number of fused-ring (bicyclic) bond motifs is 1. The normalized spacial score (nSPS) is 12.1. The smallest absolute Gasteiger partial charge is 0.192 e. The van der Waals surface area contributed by atoms with Crippen LogP contribution in [0.1, 0.15) is 26.2 Å². The van der Waals surface area contributed by atoms with E-state index in [1.165, 1.54) is 0 Å². The van der Waals surface area contributed by atoms with E-state index in [1.54, 1.807) is 0 Å². The molecule has 0 bridgehead atoms. The summed E-state index contributed by atoms with van der Waals surface area (Å²) in [5.74, 6) is 0.700. The van der Waals surface area contributed by atoms with Gasteiger partial charge in [0, 0.05) is 31.3 Å². The Labute approximate surface area is 108 Å². The molecule has 0 spiro atoms. The highest BCUT2D eigenvalue weighted by molar-refractivity contribution is 5.77. The molecular formula is C14H21N3O. The molecule has 0 unspecified atom stereocenters. The van der Waals surface area contributed by atoms with E-state index in [4.69, 9.17) is 10.2 Å². The number of anilines is 1. The zero-order chi connectivity index (χ0) is 13.3. The zero-order valence-electron chi connectivity index (χ0n) is 11.5. The maximum atomic E-state index is 5.67. The molecule has 1 heterocycles. The van der Waals surface area contributed by atoms with Gasteiger partial charge in [-0.25, -0.2) is 4.98 Å². The van der Waals surface area contributed by atoms with Crippen LogP contribution in [0.5, 0.6) is 0 Å². The van der Waals surface area contributed by atoms with E-state index in [2.05, 4.69) is 36.8 Å². The van der Waals surface area contributed by atoms with Crippen LogP contribution in [-0.2, 0) is 0 Å². The molecule has 0 saturated carbocycles. The number of rotatable bonds is 4. The molecule has 0 aliphatic carbocycles. The lowest BCUT2D eigenvalue weighted by atomic mass is 9.98. The van der Waals surface area contributed by atoms with Crippen molar-refractivity contribution in [2.45, 2.75) is 32.7 Å². The van der Waals surface area contributed by atoms with Crippen molar-refractivity contribution >= 4 is 16.8 Å². The van der Waals surface area contributed by atoms with Gasteiger partial charge >= 0.3 is 0 Å². The maximum absolute atomic E-state index is 5.67. The highest BCUT2D eigenvalue weighted by atomic mass is 16.3. The van der Waals surface area contributed by atoms with Crippen LogP contribution in [0.4, 0.5) is 5.69 Å². The monoisotopic (exact) mass is 247 g/mol. The lowest BCUT2D eigenvalue weighted by molar-refractivity contribution is 0.456. The van der Waals surface area contributed by atoms with Crippen molar-refractivity contribution in [3.05, 3.63) is 24.1 Å². The van der Waals surface area contributed by atoms with Gasteiger partial charge in [0.05, 0.1) is 0 Å². The van der Waals surface area contributed by atoms with Crippen molar-refractivity contribution in [3.63, 3.8) is 0 Å². The number of aromatic nitrogens is 1. The Morgan fingerprint density at radius 3 is 2.78 bits per heavy atom. The Morgan fingerprint density at radius 2 is 2.11 bits per heavy atom. The lowest BCUT2D eigenvalue weighted by Crippen LogP contribution is -2.42. The third-order valence-electron chi connectivity index (χ3n) is 3.53. The number of aryl methyl sites for hydroxylation is 1. The molecule has 0 fully saturated rings. The van der Waals surface area contributed by atoms with Gasteiger partial charge in [0.25, 0.3) is 0 Å². The van der Waals surface area contributed by atoms with Crippen LogP contribution in [0.3, 0.4) is 0 Å². The molecule has 1 aromatic heterocycles. The quantitative estimate of drug-likeness (QED) is 0.902. The number of hydrogen-bond acceptors (Lipinski definition) is 4. The van der Waals surface area contributed by atoms with E-state index in [0.29, 0.717) is 12.4 Å². The summed E-state index contributed by atoms with van der Waals surface area (Å²) < 4.78 is 5.57. The van der Waals surface area contributed by atoms with Crippen LogP contribution in [0.2, 0.25) is 0 Å². The molecular weight excluding hydrogens is 226 g/mol. The van der Waals surface area contributed by atoms with Crippen molar-refractivity contribution < 1.29 is 4.42 Å². The number of nitrogens with zero attached hydrogens (tertiary/aromatic N) is 2. The summed E-state index contributed by atoms with van der Waals surface area (Å²) in [6.45, 7) is 6.92. The van der Waals surface area contributed by atoms with Crippen LogP contribution in [0, 0.1) is 6.92 Å². The summed E-state index contributed by atoms with van der Waals surface area (Å²) in [6, 6.07) is 6.10. The van der Waals surface area contributed by atoms with E-state index < -0.39 is 0 Å². The van der Waals surface area contributed by atoms with Crippen molar-refractivity contribution in [1.29, 1.82) is 0 Å². The lowest BCUT2D eigenvalue weighted by Gasteiger charge is -2.37. The van der Waals surface area contributed by atoms with E-state index in [9.17, 15) is 0 Å². The number of hydrogen-bond donors (Lipinski definition) is 1. The summed E-state index contributed by atoms with van der Waals surface area (Å²) in [7, 11) is 2.08. The molecule has 0 saturated heterocycles. The van der Waals surface area contributed by atoms with Crippen molar-refractivity contribution in [3.8, 4) is 0 Å². The second-order valence-corrected chi connectivity index (χ2v) is 5.30. The van der Waals surface area contributed by atoms with Gasteiger partial charge in [-0.15, -0.1) is 0 Å². The van der Waals surface area contributed by atoms with Gasteiger partial charge in [-0.05, 0) is 38.9 Å². The van der Waals surface area contributed by atoms with Gasteiger partial charge in [0.1, 0.15) is 5.52 Å². The fourth-order valence-corrected chi connectivity index (χ4v) is 2.11. The Bertz CT molecular complexity index is 545. The molecule has 0 aliphatic heterocycles. The summed E-state index contributed by atoms with van der Waals surface area (Å²) in [5, 5.41) is 0. The Kier molecular flexibility index (Phi) is 3.30. The van der Waals surface area contributed by atoms with Crippen LogP contribution in [0.15, 0.2) is 22.6 Å². The molecule has 4 heteroatoms. The van der Waals surface area contributed by atoms with Gasteiger partial charge in [0.15, 0.2) is 11.5 Å². The van der Waals surface area contributed by atoms with E-state index in [-0.39, 0.29) is 5.54 Å². The minimum Gasteiger partial charge on any atom is -0.441 e. The van der Waals surface area contributed by atoms with Gasteiger partial charge in [-0.3, -0.25) is 0 Å². The topological polar surface area (TPSA) is 55.3 Å². The minimum absolute atomic E-state index is 0.0253. The maximum Gasteiger partial charge on any atom is 0.192 e. The van der Waals surface area contributed by atoms with Gasteiger partial charge in [0.2, 0.25) is 0 Å². The molecule has 0 atom stereocenters. The molecule has 0 amide bonds. The number of oxazole rings is 1. The van der Waals surface area contributed by atoms with Crippen LogP contribution >= 0.6 is 0 Å². The predicted octanol–water partition coefficient (Wildman–Crippen LogP) is 2.70. The largest absolute Gasteiger partial charge is 0.441 e. The summed E-state index contributed by atoms with van der Waals surface area (Å²) >= 11 is 0. The van der Waals surface area contributed by atoms with E-state index in [0.717, 1.165) is 23.2 Å². The van der Waals surface area contributed by atoms with Crippen molar-refractivity contribution in [2.75, 3.05) is 18.5 Å². The zero-order valence-corrected chi connectivity index (χ0v) is 11.5. The van der Waals surface area contributed by atoms with E-state index in [1.807, 2.05) is 19.1 Å². The summed E-state index contributed by atoms with van der Waals surface area (Å²) in [5.41, 5.74) is 8.55. The Morgan fingerprint density at radius 1 is 1.39 bits per heavy atom. The molecule has 4 nitrogen and oxygen atoms in total. The Hall–Kier alpha value is -1.55. The molecule has 0 radical (unpaired) electrons. The van der Waals surface area contributed by atoms with Crippen molar-refractivity contribution in [1.82, 2.24) is 4.98 Å². The standard InChI is InChI=1S/C14H21N3O/c1-10-16-12-6-5-11(9-13(12)18-10)17(4)14(2,3)7-8-15/h5-6,9H,7-8,15H2,1-4H3. The highest BCUT2D eigenvalue weighted by Gasteiger charge is 2.23. The van der Waals surface area contributed by atoms with Crippen LogP contribution in [0.25, 0.3) is 11.1 Å². The summed E-state index contributed by atoms with van der Waals surface area (Å²) in [4.78, 5) is 6.54. The van der Waals surface area contributed by atoms with Crippen LogP contribution < -0.4 is 10.6 Å². The SMILES string of the molecule is Cc1nc2ccc(N(C)C(C)(C)CCN)cc2o1. The average Bonchev–Trinajstić information content (AvgIpc) is 2.66. The molecule has 1 aromatic carbocycles. The van der Waals surface area contributed by atoms with Gasteiger partial charge in [-0.2, -0.15) is 0 Å². The van der Waals surface area contributed by atoms with Crippen molar-refractivity contribution in [2.24, 2.45) is 5.73 Å². The van der Waals surface area contributed by atoms with E-state index >= 15 is 0 Å². The number of nitrogens with two attached hydrogens (primary N) is 1. The first-order chi connectivity index (χ1) is 8.44. The molecule has 98 valence electrons. The minimum atomic E-state index is 0.0253. The van der Waals surface area contributed by atoms with Gasteiger partial charge in [-0.1, -0.05) is 0 Å². The molecule has 2 aromatic rings. The molecule has 0 aliphatic rings. The number of benzene rings is 1. The molecule has 18 heavy (non-hydrogen) atoms.